The van der Waals surface area contributed by atoms with Gasteiger partial charge in [0.05, 0.1) is 5.75 Å². The van der Waals surface area contributed by atoms with Crippen molar-refractivity contribution in [1.82, 2.24) is 4.31 Å². The van der Waals surface area contributed by atoms with Gasteiger partial charge in [-0.25, -0.2) is 8.42 Å². The average molecular weight is 296 g/mol. The van der Waals surface area contributed by atoms with Gasteiger partial charge in [0.2, 0.25) is 10.0 Å². The van der Waals surface area contributed by atoms with Gasteiger partial charge in [0.25, 0.3) is 0 Å². The fourth-order valence-electron chi connectivity index (χ4n) is 2.64. The van der Waals surface area contributed by atoms with E-state index in [-0.39, 0.29) is 17.7 Å². The van der Waals surface area contributed by atoms with Gasteiger partial charge < -0.3 is 5.73 Å². The number of nitrogens with zero attached hydrogens (tertiary/aromatic N) is 1. The molecule has 2 rings (SSSR count). The molecule has 112 valence electrons. The van der Waals surface area contributed by atoms with Crippen LogP contribution in [0, 0.1) is 0 Å². The molecule has 0 aromatic heterocycles. The van der Waals surface area contributed by atoms with Crippen molar-refractivity contribution in [3.8, 4) is 0 Å². The third-order valence-corrected chi connectivity index (χ3v) is 6.13. The van der Waals surface area contributed by atoms with E-state index in [0.29, 0.717) is 13.1 Å². The van der Waals surface area contributed by atoms with E-state index in [1.165, 1.54) is 0 Å². The van der Waals surface area contributed by atoms with Gasteiger partial charge in [-0.2, -0.15) is 4.31 Å². The lowest BCUT2D eigenvalue weighted by Gasteiger charge is -2.36. The number of nitrogens with two attached hydrogens (primary N) is 1. The highest BCUT2D eigenvalue weighted by Gasteiger charge is 2.34. The van der Waals surface area contributed by atoms with E-state index in [1.54, 1.807) is 4.31 Å². The minimum atomic E-state index is -3.24. The summed E-state index contributed by atoms with van der Waals surface area (Å²) in [7, 11) is -3.24. The maximum atomic E-state index is 12.6. The first-order valence-electron chi connectivity index (χ1n) is 7.29. The Hall–Kier alpha value is -0.910. The SMILES string of the molecule is CC(CS(=O)(=O)N(CCN)C1CCC1)c1ccccc1. The van der Waals surface area contributed by atoms with Crippen LogP contribution in [0.1, 0.15) is 37.7 Å². The lowest BCUT2D eigenvalue weighted by atomic mass is 9.93. The van der Waals surface area contributed by atoms with Crippen LogP contribution in [-0.2, 0) is 10.0 Å². The molecule has 0 aliphatic heterocycles. The van der Waals surface area contributed by atoms with Gasteiger partial charge in [-0.3, -0.25) is 0 Å². The zero-order valence-electron chi connectivity index (χ0n) is 12.0. The Balaban J connectivity index is 2.08. The summed E-state index contributed by atoms with van der Waals surface area (Å²) in [5.41, 5.74) is 6.65. The van der Waals surface area contributed by atoms with Crippen LogP contribution in [0.4, 0.5) is 0 Å². The smallest absolute Gasteiger partial charge is 0.214 e. The molecule has 5 heteroatoms. The Morgan fingerprint density at radius 2 is 1.95 bits per heavy atom. The second kappa shape index (κ2) is 6.70. The molecule has 20 heavy (non-hydrogen) atoms. The Morgan fingerprint density at radius 3 is 2.45 bits per heavy atom. The fraction of sp³-hybridized carbons (Fsp3) is 0.600. The minimum absolute atomic E-state index is 0.00144. The lowest BCUT2D eigenvalue weighted by molar-refractivity contribution is 0.223. The van der Waals surface area contributed by atoms with E-state index in [1.807, 2.05) is 37.3 Å². The van der Waals surface area contributed by atoms with E-state index < -0.39 is 10.0 Å². The monoisotopic (exact) mass is 296 g/mol. The molecule has 0 radical (unpaired) electrons. The third-order valence-electron chi connectivity index (χ3n) is 4.02. The fourth-order valence-corrected chi connectivity index (χ4v) is 4.70. The molecule has 0 spiro atoms. The average Bonchev–Trinajstić information content (AvgIpc) is 2.36. The van der Waals surface area contributed by atoms with Crippen LogP contribution in [0.2, 0.25) is 0 Å². The van der Waals surface area contributed by atoms with Crippen molar-refractivity contribution < 1.29 is 8.42 Å². The van der Waals surface area contributed by atoms with Crippen molar-refractivity contribution in [3.05, 3.63) is 35.9 Å². The quantitative estimate of drug-likeness (QED) is 0.836. The van der Waals surface area contributed by atoms with Crippen LogP contribution in [0.3, 0.4) is 0 Å². The zero-order valence-corrected chi connectivity index (χ0v) is 12.8. The Labute approximate surface area is 122 Å². The summed E-state index contributed by atoms with van der Waals surface area (Å²) in [6.07, 6.45) is 3.06. The highest BCUT2D eigenvalue weighted by molar-refractivity contribution is 7.89. The normalized spacial score (nSPS) is 17.9. The molecule has 0 bridgehead atoms. The first kappa shape index (κ1) is 15.5. The second-order valence-corrected chi connectivity index (χ2v) is 7.54. The number of sulfonamides is 1. The highest BCUT2D eigenvalue weighted by atomic mass is 32.2. The maximum absolute atomic E-state index is 12.6. The molecular formula is C15H24N2O2S. The molecule has 1 atom stereocenters. The molecule has 2 N–H and O–H groups in total. The lowest BCUT2D eigenvalue weighted by Crippen LogP contribution is -2.47. The summed E-state index contributed by atoms with van der Waals surface area (Å²) >= 11 is 0. The molecule has 1 fully saturated rings. The topological polar surface area (TPSA) is 63.4 Å². The predicted molar refractivity (Wildman–Crippen MR) is 82.0 cm³/mol. The largest absolute Gasteiger partial charge is 0.329 e. The van der Waals surface area contributed by atoms with Crippen LogP contribution >= 0.6 is 0 Å². The van der Waals surface area contributed by atoms with Crippen LogP contribution in [0.25, 0.3) is 0 Å². The Kier molecular flexibility index (Phi) is 5.18. The Morgan fingerprint density at radius 1 is 1.30 bits per heavy atom. The van der Waals surface area contributed by atoms with E-state index in [0.717, 1.165) is 24.8 Å². The summed E-state index contributed by atoms with van der Waals surface area (Å²) < 4.78 is 26.9. The second-order valence-electron chi connectivity index (χ2n) is 5.57. The number of hydrogen-bond acceptors (Lipinski definition) is 3. The zero-order chi connectivity index (χ0) is 14.6. The van der Waals surface area contributed by atoms with E-state index in [9.17, 15) is 8.42 Å². The first-order chi connectivity index (χ1) is 9.54. The predicted octanol–water partition coefficient (Wildman–Crippen LogP) is 1.93. The van der Waals surface area contributed by atoms with Crippen molar-refractivity contribution >= 4 is 10.0 Å². The first-order valence-corrected chi connectivity index (χ1v) is 8.90. The summed E-state index contributed by atoms with van der Waals surface area (Å²) in [4.78, 5) is 0. The van der Waals surface area contributed by atoms with Crippen molar-refractivity contribution in [3.63, 3.8) is 0 Å². The van der Waals surface area contributed by atoms with Gasteiger partial charge in [-0.05, 0) is 24.3 Å². The van der Waals surface area contributed by atoms with Crippen LogP contribution in [0.5, 0.6) is 0 Å². The van der Waals surface area contributed by atoms with Gasteiger partial charge in [0, 0.05) is 19.1 Å². The number of benzene rings is 1. The highest BCUT2D eigenvalue weighted by Crippen LogP contribution is 2.28. The van der Waals surface area contributed by atoms with Gasteiger partial charge in [0.1, 0.15) is 0 Å². The van der Waals surface area contributed by atoms with Gasteiger partial charge in [-0.1, -0.05) is 43.7 Å². The summed E-state index contributed by atoms with van der Waals surface area (Å²) in [5, 5.41) is 0. The summed E-state index contributed by atoms with van der Waals surface area (Å²) in [6.45, 7) is 2.79. The molecule has 1 aliphatic rings. The van der Waals surface area contributed by atoms with Crippen molar-refractivity contribution in [1.29, 1.82) is 0 Å². The molecule has 1 unspecified atom stereocenters. The van der Waals surface area contributed by atoms with E-state index in [4.69, 9.17) is 5.73 Å². The van der Waals surface area contributed by atoms with Crippen LogP contribution in [0.15, 0.2) is 30.3 Å². The number of rotatable bonds is 7. The summed E-state index contributed by atoms with van der Waals surface area (Å²) in [6, 6.07) is 9.98. The van der Waals surface area contributed by atoms with Gasteiger partial charge in [-0.15, -0.1) is 0 Å². The molecule has 0 saturated heterocycles. The Bertz CT molecular complexity index is 512. The molecule has 1 aliphatic carbocycles. The third kappa shape index (κ3) is 3.59. The minimum Gasteiger partial charge on any atom is -0.329 e. The molecule has 4 nitrogen and oxygen atoms in total. The maximum Gasteiger partial charge on any atom is 0.214 e. The van der Waals surface area contributed by atoms with Crippen molar-refractivity contribution in [2.75, 3.05) is 18.8 Å². The molecule has 1 aromatic carbocycles. The van der Waals surface area contributed by atoms with Crippen LogP contribution < -0.4 is 5.73 Å². The molecule has 0 heterocycles. The standard InChI is InChI=1S/C15H24N2O2S/c1-13(14-6-3-2-4-7-14)12-20(18,19)17(11-10-16)15-8-5-9-15/h2-4,6-7,13,15H,5,8-12,16H2,1H3. The van der Waals surface area contributed by atoms with Crippen molar-refractivity contribution in [2.24, 2.45) is 5.73 Å². The summed E-state index contributed by atoms with van der Waals surface area (Å²) in [5.74, 6) is 0.162. The van der Waals surface area contributed by atoms with Crippen molar-refractivity contribution in [2.45, 2.75) is 38.1 Å². The van der Waals surface area contributed by atoms with Crippen LogP contribution in [-0.4, -0.2) is 37.6 Å². The van der Waals surface area contributed by atoms with Gasteiger partial charge in [0.15, 0.2) is 0 Å². The molecular weight excluding hydrogens is 272 g/mol. The molecule has 1 saturated carbocycles. The molecule has 0 amide bonds. The number of hydrogen-bond donors (Lipinski definition) is 1. The van der Waals surface area contributed by atoms with E-state index in [2.05, 4.69) is 0 Å². The van der Waals surface area contributed by atoms with E-state index >= 15 is 0 Å². The van der Waals surface area contributed by atoms with Gasteiger partial charge >= 0.3 is 0 Å². The molecule has 1 aromatic rings.